The van der Waals surface area contributed by atoms with Gasteiger partial charge in [-0.1, -0.05) is 0 Å². The molecule has 0 saturated carbocycles. The fourth-order valence-electron chi connectivity index (χ4n) is 2.38. The Bertz CT molecular complexity index is 1120. The first-order valence-electron chi connectivity index (χ1n) is 8.40. The second-order valence-corrected chi connectivity index (χ2v) is 6.09. The molecule has 3 aromatic rings. The number of halogens is 2. The number of H-pyrrole nitrogens is 1. The van der Waals surface area contributed by atoms with E-state index >= 15 is 0 Å². The molecule has 30 heavy (non-hydrogen) atoms. The third kappa shape index (κ3) is 4.71. The summed E-state index contributed by atoms with van der Waals surface area (Å²) in [5.41, 5.74) is 0.550. The van der Waals surface area contributed by atoms with Crippen LogP contribution in [-0.4, -0.2) is 41.3 Å². The molecule has 0 bridgehead atoms. The second kappa shape index (κ2) is 9.31. The van der Waals surface area contributed by atoms with Crippen molar-refractivity contribution in [2.24, 2.45) is 5.10 Å². The molecule has 0 aliphatic rings. The number of alkyl halides is 2. The molecule has 2 aromatic heterocycles. The third-order valence-electron chi connectivity index (χ3n) is 3.80. The molecule has 1 N–H and O–H groups in total. The van der Waals surface area contributed by atoms with E-state index in [1.165, 1.54) is 26.5 Å². The van der Waals surface area contributed by atoms with E-state index in [2.05, 4.69) is 20.0 Å². The highest BCUT2D eigenvalue weighted by Gasteiger charge is 2.16. The van der Waals surface area contributed by atoms with Crippen LogP contribution < -0.4 is 9.47 Å². The normalized spacial score (nSPS) is 11.2. The van der Waals surface area contributed by atoms with Crippen LogP contribution >= 0.6 is 12.2 Å². The van der Waals surface area contributed by atoms with E-state index in [0.717, 1.165) is 4.68 Å². The number of nitrogens with zero attached hydrogens (tertiary/aromatic N) is 3. The first-order valence-corrected chi connectivity index (χ1v) is 8.81. The summed E-state index contributed by atoms with van der Waals surface area (Å²) in [5.74, 6) is 0.0816. The highest BCUT2D eigenvalue weighted by molar-refractivity contribution is 7.71. The number of aromatic amines is 1. The van der Waals surface area contributed by atoms with Crippen molar-refractivity contribution in [2.75, 3.05) is 14.2 Å². The van der Waals surface area contributed by atoms with Gasteiger partial charge < -0.3 is 18.6 Å². The molecule has 0 saturated heterocycles. The van der Waals surface area contributed by atoms with Gasteiger partial charge in [0.25, 0.3) is 6.43 Å². The average Bonchev–Trinajstić information content (AvgIpc) is 3.37. The van der Waals surface area contributed by atoms with Gasteiger partial charge in [0.15, 0.2) is 11.5 Å². The van der Waals surface area contributed by atoms with E-state index in [1.54, 1.807) is 24.3 Å². The Hall–Kier alpha value is -3.54. The molecule has 0 aliphatic carbocycles. The predicted molar refractivity (Wildman–Crippen MR) is 103 cm³/mol. The van der Waals surface area contributed by atoms with E-state index < -0.39 is 18.2 Å². The number of benzene rings is 1. The van der Waals surface area contributed by atoms with E-state index in [1.807, 2.05) is 0 Å². The summed E-state index contributed by atoms with van der Waals surface area (Å²) in [6.45, 7) is 0.0444. The lowest BCUT2D eigenvalue weighted by Crippen LogP contribution is -2.00. The van der Waals surface area contributed by atoms with Gasteiger partial charge in [-0.15, -0.1) is 0 Å². The van der Waals surface area contributed by atoms with Crippen LogP contribution in [0.25, 0.3) is 0 Å². The van der Waals surface area contributed by atoms with Gasteiger partial charge in [-0.3, -0.25) is 0 Å². The molecule has 1 aromatic carbocycles. The van der Waals surface area contributed by atoms with Crippen LogP contribution in [0.2, 0.25) is 0 Å². The molecule has 0 spiro atoms. The Morgan fingerprint density at radius 1 is 1.33 bits per heavy atom. The zero-order valence-corrected chi connectivity index (χ0v) is 16.6. The number of hydrogen-bond acceptors (Lipinski definition) is 8. The Morgan fingerprint density at radius 3 is 2.83 bits per heavy atom. The zero-order chi connectivity index (χ0) is 21.7. The van der Waals surface area contributed by atoms with E-state index in [4.69, 9.17) is 26.1 Å². The van der Waals surface area contributed by atoms with Crippen molar-refractivity contribution in [3.8, 4) is 11.5 Å². The third-order valence-corrected chi connectivity index (χ3v) is 4.06. The number of furan rings is 1. The molecule has 0 amide bonds. The lowest BCUT2D eigenvalue weighted by atomic mass is 10.2. The number of esters is 1. The van der Waals surface area contributed by atoms with Crippen molar-refractivity contribution in [3.63, 3.8) is 0 Å². The topological polar surface area (TPSA) is 104 Å². The fraction of sp³-hybridized carbons (Fsp3) is 0.222. The summed E-state index contributed by atoms with van der Waals surface area (Å²) in [5, 5.41) is 9.66. The maximum Gasteiger partial charge on any atom is 0.373 e. The largest absolute Gasteiger partial charge is 0.493 e. The maximum atomic E-state index is 12.9. The van der Waals surface area contributed by atoms with Crippen molar-refractivity contribution in [3.05, 3.63) is 58.0 Å². The minimum absolute atomic E-state index is 0.0444. The van der Waals surface area contributed by atoms with Gasteiger partial charge in [0.1, 0.15) is 12.4 Å². The number of methoxy groups -OCH3 is 2. The minimum atomic E-state index is -2.83. The van der Waals surface area contributed by atoms with Gasteiger partial charge in [0.2, 0.25) is 16.4 Å². The summed E-state index contributed by atoms with van der Waals surface area (Å²) < 4.78 is 47.5. The van der Waals surface area contributed by atoms with Crippen molar-refractivity contribution in [1.29, 1.82) is 0 Å². The molecule has 2 heterocycles. The van der Waals surface area contributed by atoms with Gasteiger partial charge in [0.05, 0.1) is 20.4 Å². The Kier molecular flexibility index (Phi) is 6.57. The quantitative estimate of drug-likeness (QED) is 0.325. The maximum absolute atomic E-state index is 12.9. The summed E-state index contributed by atoms with van der Waals surface area (Å²) in [6.07, 6.45) is -1.50. The molecule has 0 atom stereocenters. The van der Waals surface area contributed by atoms with Gasteiger partial charge >= 0.3 is 5.97 Å². The van der Waals surface area contributed by atoms with Gasteiger partial charge in [-0.2, -0.15) is 14.9 Å². The second-order valence-electron chi connectivity index (χ2n) is 5.70. The van der Waals surface area contributed by atoms with Crippen LogP contribution in [0.4, 0.5) is 8.78 Å². The molecule has 3 rings (SSSR count). The first kappa shape index (κ1) is 21.2. The summed E-state index contributed by atoms with van der Waals surface area (Å²) in [4.78, 5) is 11.4. The zero-order valence-electron chi connectivity index (χ0n) is 15.8. The van der Waals surface area contributed by atoms with E-state index in [9.17, 15) is 13.6 Å². The Balaban J connectivity index is 1.74. The number of aromatic nitrogens is 3. The van der Waals surface area contributed by atoms with Crippen molar-refractivity contribution in [2.45, 2.75) is 13.0 Å². The van der Waals surface area contributed by atoms with Gasteiger partial charge in [-0.25, -0.2) is 18.7 Å². The molecule has 0 unspecified atom stereocenters. The van der Waals surface area contributed by atoms with Crippen LogP contribution in [0.15, 0.2) is 39.9 Å². The minimum Gasteiger partial charge on any atom is -0.493 e. The smallest absolute Gasteiger partial charge is 0.373 e. The van der Waals surface area contributed by atoms with E-state index in [-0.39, 0.29) is 17.1 Å². The van der Waals surface area contributed by atoms with Crippen LogP contribution in [0.5, 0.6) is 11.5 Å². The number of nitrogens with one attached hydrogen (secondary N) is 1. The monoisotopic (exact) mass is 438 g/mol. The molecule has 9 nitrogen and oxygen atoms in total. The number of ether oxygens (including phenoxy) is 3. The van der Waals surface area contributed by atoms with Gasteiger partial charge in [-0.05, 0) is 48.1 Å². The lowest BCUT2D eigenvalue weighted by Gasteiger charge is -2.10. The summed E-state index contributed by atoms with van der Waals surface area (Å²) in [7, 11) is 2.71. The van der Waals surface area contributed by atoms with Gasteiger partial charge in [0, 0.05) is 0 Å². The predicted octanol–water partition coefficient (Wildman–Crippen LogP) is 3.73. The van der Waals surface area contributed by atoms with Crippen molar-refractivity contribution in [1.82, 2.24) is 14.9 Å². The fourth-order valence-corrected chi connectivity index (χ4v) is 2.57. The SMILES string of the molecule is COC(=O)c1ccc(COc2ccc(/C=N/n3c(C(F)F)n[nH]c3=S)cc2OC)o1. The number of rotatable bonds is 8. The molecule has 12 heteroatoms. The summed E-state index contributed by atoms with van der Waals surface area (Å²) >= 11 is 4.90. The highest BCUT2D eigenvalue weighted by atomic mass is 32.1. The number of carbonyl (C=O) groups excluding carboxylic acids is 1. The lowest BCUT2D eigenvalue weighted by molar-refractivity contribution is 0.0561. The summed E-state index contributed by atoms with van der Waals surface area (Å²) in [6, 6.07) is 7.94. The molecule has 0 aliphatic heterocycles. The number of carbonyl (C=O) groups is 1. The highest BCUT2D eigenvalue weighted by Crippen LogP contribution is 2.28. The molecule has 0 fully saturated rings. The first-order chi connectivity index (χ1) is 14.4. The van der Waals surface area contributed by atoms with Crippen LogP contribution in [0, 0.1) is 4.77 Å². The Labute approximate surface area is 173 Å². The van der Waals surface area contributed by atoms with Crippen LogP contribution in [-0.2, 0) is 11.3 Å². The standard InChI is InChI=1S/C18H16F2N4O5S/c1-26-14-7-10(8-21-24-16(15(19)20)22-23-18(24)30)3-5-12(14)28-9-11-4-6-13(29-11)17(25)27-2/h3-8,15H,9H2,1-2H3,(H,23,30)/b21-8+. The molecule has 158 valence electrons. The average molecular weight is 438 g/mol. The molecular formula is C18H16F2N4O5S. The number of hydrogen-bond donors (Lipinski definition) is 1. The Morgan fingerprint density at radius 2 is 2.13 bits per heavy atom. The van der Waals surface area contributed by atoms with Crippen molar-refractivity contribution >= 4 is 24.4 Å². The van der Waals surface area contributed by atoms with Crippen LogP contribution in [0.3, 0.4) is 0 Å². The van der Waals surface area contributed by atoms with E-state index in [0.29, 0.717) is 22.8 Å². The van der Waals surface area contributed by atoms with Crippen molar-refractivity contribution < 1.29 is 32.2 Å². The molecule has 0 radical (unpaired) electrons. The van der Waals surface area contributed by atoms with Crippen LogP contribution in [0.1, 0.15) is 34.1 Å². The molecular weight excluding hydrogens is 422 g/mol.